The van der Waals surface area contributed by atoms with Gasteiger partial charge in [0, 0.05) is 21.5 Å². The van der Waals surface area contributed by atoms with Crippen molar-refractivity contribution in [2.45, 2.75) is 0 Å². The van der Waals surface area contributed by atoms with Crippen LogP contribution in [0.25, 0.3) is 49.0 Å². The lowest BCUT2D eigenvalue weighted by molar-refractivity contribution is 1.18. The fourth-order valence-corrected chi connectivity index (χ4v) is 4.18. The smallest absolute Gasteiger partial charge is 0.263 e. The Morgan fingerprint density at radius 3 is 2.11 bits per heavy atom. The van der Waals surface area contributed by atoms with Gasteiger partial charge in [0.2, 0.25) is 5.43 Å². The molecule has 0 aliphatic carbocycles. The Bertz CT molecular complexity index is 1670. The van der Waals surface area contributed by atoms with Crippen LogP contribution in [0.1, 0.15) is 0 Å². The molecule has 3 aromatic heterocycles. The molecule has 0 aliphatic heterocycles. The highest BCUT2D eigenvalue weighted by atomic mass is 16.1. The molecule has 3 heterocycles. The second-order valence-electron chi connectivity index (χ2n) is 6.73. The predicted molar refractivity (Wildman–Crippen MR) is 109 cm³/mol. The summed E-state index contributed by atoms with van der Waals surface area (Å²) in [5.74, 6) is 0. The van der Waals surface area contributed by atoms with E-state index in [0.717, 1.165) is 21.7 Å². The molecule has 0 saturated carbocycles. The van der Waals surface area contributed by atoms with E-state index in [0.29, 0.717) is 27.3 Å². The third kappa shape index (κ3) is 1.69. The summed E-state index contributed by atoms with van der Waals surface area (Å²) >= 11 is 0. The zero-order valence-electron chi connectivity index (χ0n) is 14.1. The highest BCUT2D eigenvalue weighted by molar-refractivity contribution is 6.23. The molecular formula is C23H12N2O2. The fourth-order valence-electron chi connectivity index (χ4n) is 4.18. The van der Waals surface area contributed by atoms with E-state index in [1.165, 1.54) is 0 Å². The average Bonchev–Trinajstić information content (AvgIpc) is 2.72. The van der Waals surface area contributed by atoms with Crippen molar-refractivity contribution in [2.24, 2.45) is 0 Å². The Balaban J connectivity index is 2.18. The summed E-state index contributed by atoms with van der Waals surface area (Å²) < 4.78 is 1.66. The molecule has 0 aliphatic rings. The number of hydrogen-bond donors (Lipinski definition) is 0. The van der Waals surface area contributed by atoms with Gasteiger partial charge in [0.05, 0.1) is 16.6 Å². The standard InChI is InChI=1S/C23H12N2O2/c26-22-16-10-4-6-12-18(16)25-21-19(13-7-1-2-8-14(13)23(25)27)15-9-3-5-11-17(15)24-20(21)22/h1-12H. The second kappa shape index (κ2) is 4.89. The molecule has 0 saturated heterocycles. The molecule has 0 unspecified atom stereocenters. The highest BCUT2D eigenvalue weighted by Gasteiger charge is 2.19. The zero-order valence-corrected chi connectivity index (χ0v) is 14.1. The van der Waals surface area contributed by atoms with E-state index in [1.54, 1.807) is 10.5 Å². The summed E-state index contributed by atoms with van der Waals surface area (Å²) in [5.41, 5.74) is 2.04. The van der Waals surface area contributed by atoms with E-state index >= 15 is 0 Å². The van der Waals surface area contributed by atoms with Crippen molar-refractivity contribution in [1.82, 2.24) is 9.38 Å². The molecule has 0 N–H and O–H groups in total. The molecule has 0 amide bonds. The molecule has 27 heavy (non-hydrogen) atoms. The molecule has 4 heteroatoms. The molecule has 6 aromatic rings. The van der Waals surface area contributed by atoms with Crippen LogP contribution in [0.15, 0.2) is 82.4 Å². The molecule has 6 rings (SSSR count). The maximum Gasteiger partial charge on any atom is 0.263 e. The first kappa shape index (κ1) is 14.4. The largest absolute Gasteiger partial charge is 0.287 e. The van der Waals surface area contributed by atoms with Crippen LogP contribution >= 0.6 is 0 Å². The Hall–Kier alpha value is -3.79. The lowest BCUT2D eigenvalue weighted by atomic mass is 10.00. The van der Waals surface area contributed by atoms with Crippen molar-refractivity contribution in [1.29, 1.82) is 0 Å². The van der Waals surface area contributed by atoms with Crippen molar-refractivity contribution < 1.29 is 0 Å². The van der Waals surface area contributed by atoms with E-state index < -0.39 is 0 Å². The van der Waals surface area contributed by atoms with Gasteiger partial charge in [-0.3, -0.25) is 14.0 Å². The van der Waals surface area contributed by atoms with Crippen molar-refractivity contribution in [3.8, 4) is 0 Å². The van der Waals surface area contributed by atoms with Gasteiger partial charge in [0.25, 0.3) is 5.56 Å². The van der Waals surface area contributed by atoms with E-state index in [4.69, 9.17) is 0 Å². The topological polar surface area (TPSA) is 51.4 Å². The van der Waals surface area contributed by atoms with Gasteiger partial charge >= 0.3 is 0 Å². The van der Waals surface area contributed by atoms with Gasteiger partial charge < -0.3 is 0 Å². The van der Waals surface area contributed by atoms with Gasteiger partial charge in [0.15, 0.2) is 0 Å². The summed E-state index contributed by atoms with van der Waals surface area (Å²) in [6.07, 6.45) is 0. The number of nitrogens with zero attached hydrogens (tertiary/aromatic N) is 2. The van der Waals surface area contributed by atoms with Crippen LogP contribution in [-0.4, -0.2) is 9.38 Å². The van der Waals surface area contributed by atoms with Gasteiger partial charge in [-0.25, -0.2) is 4.98 Å². The van der Waals surface area contributed by atoms with Gasteiger partial charge in [-0.05, 0) is 29.7 Å². The van der Waals surface area contributed by atoms with Crippen molar-refractivity contribution in [2.75, 3.05) is 0 Å². The molecule has 0 atom stereocenters. The van der Waals surface area contributed by atoms with E-state index in [9.17, 15) is 9.59 Å². The molecular weight excluding hydrogens is 336 g/mol. The molecule has 4 nitrogen and oxygen atoms in total. The van der Waals surface area contributed by atoms with E-state index in [1.807, 2.05) is 66.7 Å². The van der Waals surface area contributed by atoms with Gasteiger partial charge in [0.1, 0.15) is 5.52 Å². The fraction of sp³-hybridized carbons (Fsp3) is 0. The average molecular weight is 348 g/mol. The third-order valence-corrected chi connectivity index (χ3v) is 5.32. The minimum Gasteiger partial charge on any atom is -0.287 e. The predicted octanol–water partition coefficient (Wildman–Crippen LogP) is 4.11. The lowest BCUT2D eigenvalue weighted by Crippen LogP contribution is -2.20. The molecule has 0 radical (unpaired) electrons. The molecule has 0 spiro atoms. The number of hydrogen-bond acceptors (Lipinski definition) is 3. The van der Waals surface area contributed by atoms with Crippen LogP contribution in [0, 0.1) is 0 Å². The van der Waals surface area contributed by atoms with Crippen LogP contribution in [0.4, 0.5) is 0 Å². The normalized spacial score (nSPS) is 12.0. The lowest BCUT2D eigenvalue weighted by Gasteiger charge is -2.14. The summed E-state index contributed by atoms with van der Waals surface area (Å²) in [6, 6.07) is 22.6. The Kier molecular flexibility index (Phi) is 2.60. The first-order valence-electron chi connectivity index (χ1n) is 8.76. The molecule has 0 bridgehead atoms. The van der Waals surface area contributed by atoms with Crippen LogP contribution in [0.5, 0.6) is 0 Å². The van der Waals surface area contributed by atoms with Gasteiger partial charge in [-0.1, -0.05) is 48.5 Å². The van der Waals surface area contributed by atoms with Crippen LogP contribution in [-0.2, 0) is 0 Å². The SMILES string of the molecule is O=c1c2ccccc2n2c(=O)c3ccccc3c3c4ccccc4nc1c32. The first-order valence-corrected chi connectivity index (χ1v) is 8.76. The Morgan fingerprint density at radius 2 is 1.30 bits per heavy atom. The number of rotatable bonds is 0. The quantitative estimate of drug-likeness (QED) is 0.307. The van der Waals surface area contributed by atoms with Crippen molar-refractivity contribution in [3.63, 3.8) is 0 Å². The molecule has 3 aromatic carbocycles. The summed E-state index contributed by atoms with van der Waals surface area (Å²) in [7, 11) is 0. The maximum atomic E-state index is 13.4. The molecule has 0 fully saturated rings. The van der Waals surface area contributed by atoms with E-state index in [2.05, 4.69) is 4.98 Å². The second-order valence-corrected chi connectivity index (χ2v) is 6.73. The van der Waals surface area contributed by atoms with Crippen molar-refractivity contribution >= 4 is 49.0 Å². The van der Waals surface area contributed by atoms with Gasteiger partial charge in [-0.15, -0.1) is 0 Å². The zero-order chi connectivity index (χ0) is 18.1. The highest BCUT2D eigenvalue weighted by Crippen LogP contribution is 2.32. The molecule has 126 valence electrons. The van der Waals surface area contributed by atoms with Crippen LogP contribution < -0.4 is 11.0 Å². The van der Waals surface area contributed by atoms with Crippen LogP contribution in [0.2, 0.25) is 0 Å². The van der Waals surface area contributed by atoms with Crippen LogP contribution in [0.3, 0.4) is 0 Å². The Labute approximate surface area is 152 Å². The first-order chi connectivity index (χ1) is 13.3. The number of benzene rings is 3. The Morgan fingerprint density at radius 1 is 0.667 bits per heavy atom. The monoisotopic (exact) mass is 348 g/mol. The number of fused-ring (bicyclic) bond motifs is 6. The maximum absolute atomic E-state index is 13.4. The minimum absolute atomic E-state index is 0.128. The number of aromatic nitrogens is 2. The van der Waals surface area contributed by atoms with Crippen molar-refractivity contribution in [3.05, 3.63) is 93.4 Å². The third-order valence-electron chi connectivity index (χ3n) is 5.32. The number of para-hydroxylation sites is 2. The summed E-state index contributed by atoms with van der Waals surface area (Å²) in [6.45, 7) is 0. The summed E-state index contributed by atoms with van der Waals surface area (Å²) in [5, 5.41) is 3.82. The summed E-state index contributed by atoms with van der Waals surface area (Å²) in [4.78, 5) is 31.2. The van der Waals surface area contributed by atoms with E-state index in [-0.39, 0.29) is 11.0 Å². The minimum atomic E-state index is -0.143. The van der Waals surface area contributed by atoms with Gasteiger partial charge in [-0.2, -0.15) is 0 Å². The number of pyridine rings is 3.